The summed E-state index contributed by atoms with van der Waals surface area (Å²) >= 11 is 0. The van der Waals surface area contributed by atoms with Gasteiger partial charge in [-0.15, -0.1) is 0 Å². The molecule has 1 nitrogen and oxygen atoms in total. The van der Waals surface area contributed by atoms with Crippen LogP contribution >= 0.6 is 0 Å². The van der Waals surface area contributed by atoms with Crippen molar-refractivity contribution >= 4 is 0 Å². The van der Waals surface area contributed by atoms with E-state index in [0.717, 1.165) is 36.5 Å². The molecule has 0 aromatic carbocycles. The molecule has 14 heavy (non-hydrogen) atoms. The topological polar surface area (TPSA) is 23.8 Å². The van der Waals surface area contributed by atoms with Crippen molar-refractivity contribution in [1.82, 2.24) is 0 Å². The summed E-state index contributed by atoms with van der Waals surface area (Å²) in [7, 11) is 0. The highest BCUT2D eigenvalue weighted by molar-refractivity contribution is 4.82. The van der Waals surface area contributed by atoms with Gasteiger partial charge >= 0.3 is 0 Å². The summed E-state index contributed by atoms with van der Waals surface area (Å²) in [6, 6.07) is 2.28. The van der Waals surface area contributed by atoms with Gasteiger partial charge in [0.1, 0.15) is 0 Å². The molecule has 0 aliphatic heterocycles. The number of hydrogen-bond donors (Lipinski definition) is 0. The first-order chi connectivity index (χ1) is 6.65. The fourth-order valence-electron chi connectivity index (χ4n) is 2.71. The quantitative estimate of drug-likeness (QED) is 0.664. The van der Waals surface area contributed by atoms with E-state index in [1.165, 1.54) is 19.3 Å². The summed E-state index contributed by atoms with van der Waals surface area (Å²) in [5.74, 6) is 3.40. The molecule has 1 fully saturated rings. The summed E-state index contributed by atoms with van der Waals surface area (Å²) in [4.78, 5) is 0. The molecule has 3 atom stereocenters. The highest BCUT2D eigenvalue weighted by atomic mass is 14.3. The first-order valence-electron chi connectivity index (χ1n) is 6.02. The van der Waals surface area contributed by atoms with Gasteiger partial charge in [0, 0.05) is 6.42 Å². The molecule has 1 heteroatoms. The first-order valence-corrected chi connectivity index (χ1v) is 6.02. The van der Waals surface area contributed by atoms with Gasteiger partial charge in [-0.2, -0.15) is 5.26 Å². The Kier molecular flexibility index (Phi) is 4.45. The minimum atomic E-state index is 0.750. The highest BCUT2D eigenvalue weighted by Crippen LogP contribution is 2.39. The lowest BCUT2D eigenvalue weighted by atomic mass is 9.70. The van der Waals surface area contributed by atoms with Gasteiger partial charge in [-0.05, 0) is 42.9 Å². The minimum Gasteiger partial charge on any atom is -0.198 e. The van der Waals surface area contributed by atoms with Crippen molar-refractivity contribution in [3.8, 4) is 6.07 Å². The van der Waals surface area contributed by atoms with Crippen molar-refractivity contribution in [3.63, 3.8) is 0 Å². The van der Waals surface area contributed by atoms with Gasteiger partial charge in [0.25, 0.3) is 0 Å². The minimum absolute atomic E-state index is 0.750. The van der Waals surface area contributed by atoms with Crippen molar-refractivity contribution in [1.29, 1.82) is 5.26 Å². The zero-order chi connectivity index (χ0) is 10.6. The SMILES string of the molecule is CC(C)C1CCC(C)C(CCC#N)C1. The predicted molar refractivity (Wildman–Crippen MR) is 59.7 cm³/mol. The van der Waals surface area contributed by atoms with Crippen LogP contribution in [-0.4, -0.2) is 0 Å². The van der Waals surface area contributed by atoms with Crippen LogP contribution in [0.15, 0.2) is 0 Å². The second-order valence-electron chi connectivity index (χ2n) is 5.25. The average molecular weight is 193 g/mol. The highest BCUT2D eigenvalue weighted by Gasteiger charge is 2.28. The van der Waals surface area contributed by atoms with Gasteiger partial charge in [-0.1, -0.05) is 27.2 Å². The maximum Gasteiger partial charge on any atom is 0.0621 e. The van der Waals surface area contributed by atoms with Crippen molar-refractivity contribution < 1.29 is 0 Å². The van der Waals surface area contributed by atoms with Crippen molar-refractivity contribution in [2.24, 2.45) is 23.7 Å². The smallest absolute Gasteiger partial charge is 0.0621 e. The largest absolute Gasteiger partial charge is 0.198 e. The molecule has 1 aliphatic rings. The van der Waals surface area contributed by atoms with Crippen LogP contribution in [0, 0.1) is 35.0 Å². The van der Waals surface area contributed by atoms with Gasteiger partial charge in [0.15, 0.2) is 0 Å². The van der Waals surface area contributed by atoms with E-state index in [9.17, 15) is 0 Å². The zero-order valence-corrected chi connectivity index (χ0v) is 9.79. The number of hydrogen-bond acceptors (Lipinski definition) is 1. The van der Waals surface area contributed by atoms with Gasteiger partial charge in [0.05, 0.1) is 6.07 Å². The van der Waals surface area contributed by atoms with Crippen molar-refractivity contribution in [2.75, 3.05) is 0 Å². The lowest BCUT2D eigenvalue weighted by molar-refractivity contribution is 0.152. The Morgan fingerprint density at radius 2 is 2.07 bits per heavy atom. The zero-order valence-electron chi connectivity index (χ0n) is 9.79. The van der Waals surface area contributed by atoms with Gasteiger partial charge in [0.2, 0.25) is 0 Å². The Bertz CT molecular complexity index is 202. The molecule has 0 bridgehead atoms. The summed E-state index contributed by atoms with van der Waals surface area (Å²) in [5, 5.41) is 8.61. The third-order valence-corrected chi connectivity index (χ3v) is 3.97. The van der Waals surface area contributed by atoms with Gasteiger partial charge in [-0.25, -0.2) is 0 Å². The second kappa shape index (κ2) is 5.39. The van der Waals surface area contributed by atoms with E-state index in [4.69, 9.17) is 5.26 Å². The summed E-state index contributed by atoms with van der Waals surface area (Å²) < 4.78 is 0. The molecule has 0 aromatic heterocycles. The molecule has 1 rings (SSSR count). The Labute approximate surface area is 88.5 Å². The standard InChI is InChI=1S/C13H23N/c1-10(2)12-7-6-11(3)13(9-12)5-4-8-14/h10-13H,4-7,9H2,1-3H3. The van der Waals surface area contributed by atoms with Crippen LogP contribution in [0.1, 0.15) is 52.9 Å². The molecule has 0 heterocycles. The van der Waals surface area contributed by atoms with Crippen LogP contribution < -0.4 is 0 Å². The molecule has 3 unspecified atom stereocenters. The van der Waals surface area contributed by atoms with Crippen LogP contribution in [0.4, 0.5) is 0 Å². The van der Waals surface area contributed by atoms with Crippen LogP contribution in [0.5, 0.6) is 0 Å². The molecule has 0 amide bonds. The molecule has 0 saturated heterocycles. The van der Waals surface area contributed by atoms with E-state index >= 15 is 0 Å². The first kappa shape index (κ1) is 11.6. The number of nitrogens with zero attached hydrogens (tertiary/aromatic N) is 1. The molecule has 0 radical (unpaired) electrons. The second-order valence-corrected chi connectivity index (χ2v) is 5.25. The maximum absolute atomic E-state index is 8.61. The fraction of sp³-hybridized carbons (Fsp3) is 0.923. The summed E-state index contributed by atoms with van der Waals surface area (Å²) in [6.07, 6.45) is 6.02. The Morgan fingerprint density at radius 1 is 1.36 bits per heavy atom. The molecule has 80 valence electrons. The molecular weight excluding hydrogens is 170 g/mol. The molecule has 1 aliphatic carbocycles. The van der Waals surface area contributed by atoms with E-state index in [1.54, 1.807) is 0 Å². The Balaban J connectivity index is 2.43. The van der Waals surface area contributed by atoms with Gasteiger partial charge in [-0.3, -0.25) is 0 Å². The van der Waals surface area contributed by atoms with E-state index in [-0.39, 0.29) is 0 Å². The summed E-state index contributed by atoms with van der Waals surface area (Å²) in [5.41, 5.74) is 0. The Morgan fingerprint density at radius 3 is 2.64 bits per heavy atom. The number of rotatable bonds is 3. The monoisotopic (exact) mass is 193 g/mol. The van der Waals surface area contributed by atoms with Crippen LogP contribution in [0.25, 0.3) is 0 Å². The third-order valence-electron chi connectivity index (χ3n) is 3.97. The van der Waals surface area contributed by atoms with E-state index in [2.05, 4.69) is 26.8 Å². The average Bonchev–Trinajstić information content (AvgIpc) is 2.16. The molecular formula is C13H23N. The van der Waals surface area contributed by atoms with Crippen LogP contribution in [0.2, 0.25) is 0 Å². The van der Waals surface area contributed by atoms with Crippen LogP contribution in [0.3, 0.4) is 0 Å². The van der Waals surface area contributed by atoms with E-state index in [1.807, 2.05) is 0 Å². The normalized spacial score (nSPS) is 32.9. The fourth-order valence-corrected chi connectivity index (χ4v) is 2.71. The molecule has 1 saturated carbocycles. The maximum atomic E-state index is 8.61. The molecule has 0 N–H and O–H groups in total. The predicted octanol–water partition coefficient (Wildman–Crippen LogP) is 4.00. The third kappa shape index (κ3) is 3.01. The van der Waals surface area contributed by atoms with E-state index in [0.29, 0.717) is 0 Å². The van der Waals surface area contributed by atoms with Gasteiger partial charge < -0.3 is 0 Å². The lowest BCUT2D eigenvalue weighted by Gasteiger charge is -2.36. The lowest BCUT2D eigenvalue weighted by Crippen LogP contribution is -2.25. The molecule has 0 aromatic rings. The van der Waals surface area contributed by atoms with E-state index < -0.39 is 0 Å². The number of nitriles is 1. The molecule has 0 spiro atoms. The van der Waals surface area contributed by atoms with Crippen LogP contribution in [-0.2, 0) is 0 Å². The Hall–Kier alpha value is -0.510. The van der Waals surface area contributed by atoms with Crippen molar-refractivity contribution in [3.05, 3.63) is 0 Å². The summed E-state index contributed by atoms with van der Waals surface area (Å²) in [6.45, 7) is 7.03. The van der Waals surface area contributed by atoms with Crippen molar-refractivity contribution in [2.45, 2.75) is 52.9 Å².